The molecule has 2 aliphatic heterocycles. The lowest BCUT2D eigenvalue weighted by atomic mass is 10.1. The van der Waals surface area contributed by atoms with Crippen molar-refractivity contribution in [1.82, 2.24) is 28.9 Å². The summed E-state index contributed by atoms with van der Waals surface area (Å²) in [6, 6.07) is 0.791. The van der Waals surface area contributed by atoms with Gasteiger partial charge in [-0.2, -0.15) is 0 Å². The molecule has 0 spiro atoms. The lowest BCUT2D eigenvalue weighted by Gasteiger charge is -2.24. The second kappa shape index (κ2) is 5.83. The number of nitrogens with one attached hydrogen (secondary N) is 1. The lowest BCUT2D eigenvalue weighted by Crippen LogP contribution is -2.46. The number of carbonyl (C=O) groups is 1. The van der Waals surface area contributed by atoms with Gasteiger partial charge in [-0.05, 0) is 19.3 Å². The zero-order chi connectivity index (χ0) is 17.7. The van der Waals surface area contributed by atoms with Crippen molar-refractivity contribution < 1.29 is 4.79 Å². The van der Waals surface area contributed by atoms with Crippen molar-refractivity contribution >= 4 is 17.1 Å². The number of likely N-dealkylation sites (tertiary alicyclic amines) is 1. The van der Waals surface area contributed by atoms with Crippen LogP contribution in [-0.4, -0.2) is 54.7 Å². The Labute approximate surface area is 143 Å². The fraction of sp³-hybridized carbons (Fsp3) is 0.625. The van der Waals surface area contributed by atoms with E-state index in [1.54, 1.807) is 23.6 Å². The molecule has 0 saturated carbocycles. The molecule has 1 N–H and O–H groups in total. The SMILES string of the molecule is Cn1cnc2c1c(=O)n(CC(=O)N1CCC3CCC(C1)N3)c(=O)n2C. The smallest absolute Gasteiger partial charge is 0.332 e. The number of amides is 1. The Kier molecular flexibility index (Phi) is 3.75. The average molecular weight is 346 g/mol. The van der Waals surface area contributed by atoms with Gasteiger partial charge in [0, 0.05) is 39.3 Å². The van der Waals surface area contributed by atoms with Gasteiger partial charge >= 0.3 is 5.69 Å². The minimum Gasteiger partial charge on any atom is -0.340 e. The highest BCUT2D eigenvalue weighted by Crippen LogP contribution is 2.20. The summed E-state index contributed by atoms with van der Waals surface area (Å²) in [6.45, 7) is 1.07. The van der Waals surface area contributed by atoms with E-state index in [0.717, 1.165) is 23.8 Å². The molecule has 2 aliphatic rings. The minimum atomic E-state index is -0.515. The van der Waals surface area contributed by atoms with Gasteiger partial charge in [-0.25, -0.2) is 14.3 Å². The Balaban J connectivity index is 1.66. The van der Waals surface area contributed by atoms with Crippen LogP contribution in [0.2, 0.25) is 0 Å². The van der Waals surface area contributed by atoms with Crippen molar-refractivity contribution in [3.8, 4) is 0 Å². The number of nitrogens with zero attached hydrogens (tertiary/aromatic N) is 5. The number of rotatable bonds is 2. The van der Waals surface area contributed by atoms with Gasteiger partial charge in [0.15, 0.2) is 11.2 Å². The molecule has 2 saturated heterocycles. The molecule has 0 aliphatic carbocycles. The summed E-state index contributed by atoms with van der Waals surface area (Å²) in [6.07, 6.45) is 4.63. The summed E-state index contributed by atoms with van der Waals surface area (Å²) < 4.78 is 3.91. The number of hydrogen-bond acceptors (Lipinski definition) is 5. The van der Waals surface area contributed by atoms with Crippen LogP contribution in [0.3, 0.4) is 0 Å². The van der Waals surface area contributed by atoms with Crippen LogP contribution in [0.15, 0.2) is 15.9 Å². The number of hydrogen-bond donors (Lipinski definition) is 1. The maximum atomic E-state index is 12.7. The van der Waals surface area contributed by atoms with Gasteiger partial charge < -0.3 is 14.8 Å². The molecule has 2 aromatic heterocycles. The van der Waals surface area contributed by atoms with Crippen LogP contribution in [0.5, 0.6) is 0 Å². The van der Waals surface area contributed by atoms with E-state index in [0.29, 0.717) is 36.3 Å². The van der Waals surface area contributed by atoms with E-state index in [2.05, 4.69) is 10.3 Å². The highest BCUT2D eigenvalue weighted by atomic mass is 16.2. The maximum absolute atomic E-state index is 12.7. The molecule has 0 aromatic carbocycles. The minimum absolute atomic E-state index is 0.185. The van der Waals surface area contributed by atoms with Crippen molar-refractivity contribution in [2.45, 2.75) is 37.9 Å². The van der Waals surface area contributed by atoms with E-state index in [4.69, 9.17) is 0 Å². The van der Waals surface area contributed by atoms with Gasteiger partial charge in [-0.15, -0.1) is 0 Å². The Bertz CT molecular complexity index is 955. The Morgan fingerprint density at radius 1 is 1.24 bits per heavy atom. The summed E-state index contributed by atoms with van der Waals surface area (Å²) in [5.74, 6) is -0.185. The number of fused-ring (bicyclic) bond motifs is 3. The van der Waals surface area contributed by atoms with E-state index < -0.39 is 11.2 Å². The molecule has 2 atom stereocenters. The molecular formula is C16H22N6O3. The third-order valence-electron chi connectivity index (χ3n) is 5.37. The van der Waals surface area contributed by atoms with Crippen LogP contribution < -0.4 is 16.6 Å². The number of imidazole rings is 1. The largest absolute Gasteiger partial charge is 0.340 e. The molecule has 9 heteroatoms. The van der Waals surface area contributed by atoms with Crippen molar-refractivity contribution in [1.29, 1.82) is 0 Å². The molecule has 2 fully saturated rings. The van der Waals surface area contributed by atoms with Crippen LogP contribution in [0.25, 0.3) is 11.2 Å². The van der Waals surface area contributed by atoms with E-state index in [9.17, 15) is 14.4 Å². The van der Waals surface area contributed by atoms with Gasteiger partial charge in [0.05, 0.1) is 6.33 Å². The first-order valence-corrected chi connectivity index (χ1v) is 8.60. The van der Waals surface area contributed by atoms with Gasteiger partial charge in [0.2, 0.25) is 5.91 Å². The predicted molar refractivity (Wildman–Crippen MR) is 91.4 cm³/mol. The molecule has 9 nitrogen and oxygen atoms in total. The Hall–Kier alpha value is -2.42. The quantitative estimate of drug-likeness (QED) is 0.736. The average Bonchev–Trinajstić information content (AvgIpc) is 3.11. The van der Waals surface area contributed by atoms with Gasteiger partial charge in [0.1, 0.15) is 6.54 Å². The van der Waals surface area contributed by atoms with Crippen molar-refractivity contribution in [3.63, 3.8) is 0 Å². The van der Waals surface area contributed by atoms with Crippen molar-refractivity contribution in [3.05, 3.63) is 27.2 Å². The monoisotopic (exact) mass is 346 g/mol. The standard InChI is InChI=1S/C16H22N6O3/c1-19-9-17-14-13(19)15(24)22(16(25)20(14)2)8-12(23)21-6-5-10-3-4-11(7-21)18-10/h9-11,18H,3-8H2,1-2H3. The third-order valence-corrected chi connectivity index (χ3v) is 5.37. The molecule has 0 radical (unpaired) electrons. The molecular weight excluding hydrogens is 324 g/mol. The molecule has 2 unspecified atom stereocenters. The highest BCUT2D eigenvalue weighted by Gasteiger charge is 2.31. The summed E-state index contributed by atoms with van der Waals surface area (Å²) in [7, 11) is 3.26. The Morgan fingerprint density at radius 2 is 2.00 bits per heavy atom. The number of carbonyl (C=O) groups excluding carboxylic acids is 1. The molecule has 4 heterocycles. The zero-order valence-electron chi connectivity index (χ0n) is 14.4. The van der Waals surface area contributed by atoms with Crippen LogP contribution in [-0.2, 0) is 25.4 Å². The van der Waals surface area contributed by atoms with Crippen LogP contribution in [0, 0.1) is 0 Å². The van der Waals surface area contributed by atoms with Gasteiger partial charge in [0.25, 0.3) is 5.56 Å². The molecule has 25 heavy (non-hydrogen) atoms. The summed E-state index contributed by atoms with van der Waals surface area (Å²) in [5.41, 5.74) is -0.330. The van der Waals surface area contributed by atoms with E-state index in [1.807, 2.05) is 0 Å². The molecule has 4 rings (SSSR count). The van der Waals surface area contributed by atoms with E-state index in [1.165, 1.54) is 10.9 Å². The molecule has 2 bridgehead atoms. The summed E-state index contributed by atoms with van der Waals surface area (Å²) in [5, 5.41) is 3.52. The fourth-order valence-corrected chi connectivity index (χ4v) is 3.94. The predicted octanol–water partition coefficient (Wildman–Crippen LogP) is -1.21. The van der Waals surface area contributed by atoms with Gasteiger partial charge in [-0.3, -0.25) is 14.2 Å². The fourth-order valence-electron chi connectivity index (χ4n) is 3.94. The first-order chi connectivity index (χ1) is 12.0. The third kappa shape index (κ3) is 2.58. The number of aryl methyl sites for hydroxylation is 2. The highest BCUT2D eigenvalue weighted by molar-refractivity contribution is 5.77. The van der Waals surface area contributed by atoms with Crippen molar-refractivity contribution in [2.75, 3.05) is 13.1 Å². The topological polar surface area (TPSA) is 94.2 Å². The first-order valence-electron chi connectivity index (χ1n) is 8.60. The first kappa shape index (κ1) is 16.1. The zero-order valence-corrected chi connectivity index (χ0v) is 14.4. The molecule has 134 valence electrons. The van der Waals surface area contributed by atoms with E-state index in [-0.39, 0.29) is 12.5 Å². The normalized spacial score (nSPS) is 23.2. The van der Waals surface area contributed by atoms with Crippen LogP contribution in [0.1, 0.15) is 19.3 Å². The van der Waals surface area contributed by atoms with Crippen LogP contribution in [0.4, 0.5) is 0 Å². The lowest BCUT2D eigenvalue weighted by molar-refractivity contribution is -0.132. The summed E-state index contributed by atoms with van der Waals surface area (Å²) >= 11 is 0. The van der Waals surface area contributed by atoms with Crippen LogP contribution >= 0.6 is 0 Å². The second-order valence-electron chi connectivity index (χ2n) is 7.03. The van der Waals surface area contributed by atoms with E-state index >= 15 is 0 Å². The number of aromatic nitrogens is 4. The van der Waals surface area contributed by atoms with Crippen molar-refractivity contribution in [2.24, 2.45) is 14.1 Å². The molecule has 2 aromatic rings. The maximum Gasteiger partial charge on any atom is 0.332 e. The van der Waals surface area contributed by atoms with Gasteiger partial charge in [-0.1, -0.05) is 0 Å². The Morgan fingerprint density at radius 3 is 2.80 bits per heavy atom. The second-order valence-corrected chi connectivity index (χ2v) is 7.03. The summed E-state index contributed by atoms with van der Waals surface area (Å²) in [4.78, 5) is 43.8. The molecule has 1 amide bonds.